The van der Waals surface area contributed by atoms with Crippen LogP contribution < -0.4 is 4.72 Å². The summed E-state index contributed by atoms with van der Waals surface area (Å²) in [5.41, 5.74) is 2.90. The summed E-state index contributed by atoms with van der Waals surface area (Å²) in [5.74, 6) is 0.583. The molecule has 118 valence electrons. The summed E-state index contributed by atoms with van der Waals surface area (Å²) in [6.45, 7) is 7.01. The lowest BCUT2D eigenvalue weighted by atomic mass is 10.1. The molecule has 6 nitrogen and oxygen atoms in total. The number of nitrogens with one attached hydrogen (secondary N) is 2. The van der Waals surface area contributed by atoms with Gasteiger partial charge < -0.3 is 4.98 Å². The molecule has 2 heterocycles. The molecule has 2 N–H and O–H groups in total. The van der Waals surface area contributed by atoms with Gasteiger partial charge >= 0.3 is 0 Å². The summed E-state index contributed by atoms with van der Waals surface area (Å²) >= 11 is 0. The smallest absolute Gasteiger partial charge is 0.278 e. The molecule has 0 atom stereocenters. The van der Waals surface area contributed by atoms with E-state index < -0.39 is 10.0 Å². The van der Waals surface area contributed by atoms with Gasteiger partial charge in [-0.05, 0) is 23.1 Å². The van der Waals surface area contributed by atoms with Crippen LogP contribution in [-0.2, 0) is 23.1 Å². The van der Waals surface area contributed by atoms with E-state index in [-0.39, 0.29) is 5.03 Å². The summed E-state index contributed by atoms with van der Waals surface area (Å²) in [5, 5.41) is 0.0714. The highest BCUT2D eigenvalue weighted by Gasteiger charge is 2.24. The van der Waals surface area contributed by atoms with E-state index in [0.717, 1.165) is 25.2 Å². The zero-order valence-corrected chi connectivity index (χ0v) is 13.5. The molecular formula is C15H20N4O2S. The number of nitrogens with zero attached hydrogens (tertiary/aromatic N) is 2. The molecule has 0 radical (unpaired) electrons. The number of sulfonamides is 1. The number of fused-ring (bicyclic) bond motifs is 1. The monoisotopic (exact) mass is 320 g/mol. The third-order valence-corrected chi connectivity index (χ3v) is 4.97. The number of benzene rings is 1. The lowest BCUT2D eigenvalue weighted by Crippen LogP contribution is -2.21. The summed E-state index contributed by atoms with van der Waals surface area (Å²) in [6.07, 6.45) is 2.66. The minimum atomic E-state index is -3.62. The first-order valence-corrected chi connectivity index (χ1v) is 8.78. The van der Waals surface area contributed by atoms with Crippen molar-refractivity contribution in [1.82, 2.24) is 14.9 Å². The zero-order chi connectivity index (χ0) is 15.7. The summed E-state index contributed by atoms with van der Waals surface area (Å²) in [6, 6.07) is 5.76. The standard InChI is InChI=1S/C15H20N4O2S/c1-11(2)7-19-8-12-4-3-5-14(13(12)9-19)18-22(20,21)15-6-16-10-17-15/h3-6,10-11,18H,7-9H2,1-2H3,(H,16,17). The van der Waals surface area contributed by atoms with E-state index in [0.29, 0.717) is 11.6 Å². The second-order valence-corrected chi connectivity index (χ2v) is 7.68. The van der Waals surface area contributed by atoms with Crippen LogP contribution in [0.25, 0.3) is 0 Å². The van der Waals surface area contributed by atoms with Gasteiger partial charge in [0.25, 0.3) is 10.0 Å². The van der Waals surface area contributed by atoms with Gasteiger partial charge in [-0.3, -0.25) is 9.62 Å². The highest BCUT2D eigenvalue weighted by molar-refractivity contribution is 7.92. The number of hydrogen-bond acceptors (Lipinski definition) is 4. The molecule has 7 heteroatoms. The lowest BCUT2D eigenvalue weighted by Gasteiger charge is -2.17. The predicted octanol–water partition coefficient (Wildman–Crippen LogP) is 2.18. The van der Waals surface area contributed by atoms with Gasteiger partial charge in [-0.2, -0.15) is 8.42 Å². The lowest BCUT2D eigenvalue weighted by molar-refractivity contribution is 0.251. The van der Waals surface area contributed by atoms with Gasteiger partial charge in [0, 0.05) is 19.6 Å². The average molecular weight is 320 g/mol. The van der Waals surface area contributed by atoms with Crippen molar-refractivity contribution >= 4 is 15.7 Å². The van der Waals surface area contributed by atoms with Crippen LogP contribution in [0.2, 0.25) is 0 Å². The Bertz CT molecular complexity index is 754. The first kappa shape index (κ1) is 15.1. The quantitative estimate of drug-likeness (QED) is 0.885. The third kappa shape index (κ3) is 3.00. The van der Waals surface area contributed by atoms with Crippen molar-refractivity contribution < 1.29 is 8.42 Å². The van der Waals surface area contributed by atoms with Crippen LogP contribution in [0.3, 0.4) is 0 Å². The van der Waals surface area contributed by atoms with Gasteiger partial charge in [0.2, 0.25) is 0 Å². The second kappa shape index (κ2) is 5.73. The van der Waals surface area contributed by atoms with E-state index in [1.165, 1.54) is 18.1 Å². The largest absolute Gasteiger partial charge is 0.334 e. The van der Waals surface area contributed by atoms with Crippen LogP contribution in [0.15, 0.2) is 35.7 Å². The van der Waals surface area contributed by atoms with Gasteiger partial charge in [-0.15, -0.1) is 0 Å². The minimum Gasteiger partial charge on any atom is -0.334 e. The van der Waals surface area contributed by atoms with Crippen LogP contribution in [0.4, 0.5) is 5.69 Å². The van der Waals surface area contributed by atoms with Crippen molar-refractivity contribution in [3.8, 4) is 0 Å². The minimum absolute atomic E-state index is 0.0714. The summed E-state index contributed by atoms with van der Waals surface area (Å²) < 4.78 is 27.3. The molecule has 0 aliphatic carbocycles. The van der Waals surface area contributed by atoms with Crippen LogP contribution in [0, 0.1) is 5.92 Å². The molecular weight excluding hydrogens is 300 g/mol. The Hall–Kier alpha value is -1.86. The summed E-state index contributed by atoms with van der Waals surface area (Å²) in [4.78, 5) is 8.73. The number of aromatic nitrogens is 2. The maximum absolute atomic E-state index is 12.3. The molecule has 1 aliphatic heterocycles. The van der Waals surface area contributed by atoms with E-state index >= 15 is 0 Å². The molecule has 1 aromatic carbocycles. The van der Waals surface area contributed by atoms with E-state index in [1.54, 1.807) is 0 Å². The van der Waals surface area contributed by atoms with Crippen LogP contribution in [0.1, 0.15) is 25.0 Å². The topological polar surface area (TPSA) is 78.1 Å². The Morgan fingerprint density at radius 3 is 2.86 bits per heavy atom. The number of aromatic amines is 1. The number of hydrogen-bond donors (Lipinski definition) is 2. The van der Waals surface area contributed by atoms with Crippen LogP contribution in [0.5, 0.6) is 0 Å². The van der Waals surface area contributed by atoms with E-state index in [4.69, 9.17) is 0 Å². The number of rotatable bonds is 5. The first-order chi connectivity index (χ1) is 10.5. The van der Waals surface area contributed by atoms with E-state index in [2.05, 4.69) is 39.5 Å². The third-order valence-electron chi connectivity index (χ3n) is 3.68. The molecule has 0 unspecified atom stereocenters. The Labute approximate surface area is 130 Å². The molecule has 0 amide bonds. The molecule has 1 aliphatic rings. The van der Waals surface area contributed by atoms with Crippen molar-refractivity contribution in [3.63, 3.8) is 0 Å². The van der Waals surface area contributed by atoms with Gasteiger partial charge in [0.15, 0.2) is 5.03 Å². The van der Waals surface area contributed by atoms with Crippen molar-refractivity contribution in [3.05, 3.63) is 41.9 Å². The van der Waals surface area contributed by atoms with Gasteiger partial charge in [-0.25, -0.2) is 4.98 Å². The van der Waals surface area contributed by atoms with Crippen molar-refractivity contribution in [2.24, 2.45) is 5.92 Å². The fraction of sp³-hybridized carbons (Fsp3) is 0.400. The zero-order valence-electron chi connectivity index (χ0n) is 12.7. The van der Waals surface area contributed by atoms with Crippen molar-refractivity contribution in [1.29, 1.82) is 0 Å². The highest BCUT2D eigenvalue weighted by Crippen LogP contribution is 2.30. The average Bonchev–Trinajstić information content (AvgIpc) is 3.06. The maximum Gasteiger partial charge on any atom is 0.278 e. The fourth-order valence-electron chi connectivity index (χ4n) is 2.82. The predicted molar refractivity (Wildman–Crippen MR) is 84.8 cm³/mol. The molecule has 0 saturated heterocycles. The van der Waals surface area contributed by atoms with Gasteiger partial charge in [0.1, 0.15) is 0 Å². The number of H-pyrrole nitrogens is 1. The number of anilines is 1. The SMILES string of the molecule is CC(C)CN1Cc2cccc(NS(=O)(=O)c3cnc[nH]3)c2C1. The van der Waals surface area contributed by atoms with E-state index in [9.17, 15) is 8.42 Å². The Morgan fingerprint density at radius 2 is 2.18 bits per heavy atom. The molecule has 0 saturated carbocycles. The Balaban J connectivity index is 1.85. The maximum atomic E-state index is 12.3. The first-order valence-electron chi connectivity index (χ1n) is 7.30. The molecule has 1 aromatic heterocycles. The molecule has 2 aromatic rings. The normalized spacial score (nSPS) is 15.2. The molecule has 0 bridgehead atoms. The molecule has 3 rings (SSSR count). The van der Waals surface area contributed by atoms with Crippen LogP contribution >= 0.6 is 0 Å². The highest BCUT2D eigenvalue weighted by atomic mass is 32.2. The number of imidazole rings is 1. The Morgan fingerprint density at radius 1 is 1.36 bits per heavy atom. The van der Waals surface area contributed by atoms with E-state index in [1.807, 2.05) is 12.1 Å². The van der Waals surface area contributed by atoms with Crippen molar-refractivity contribution in [2.45, 2.75) is 32.0 Å². The Kier molecular flexibility index (Phi) is 3.92. The second-order valence-electron chi connectivity index (χ2n) is 6.03. The molecule has 22 heavy (non-hydrogen) atoms. The molecule has 0 fully saturated rings. The van der Waals surface area contributed by atoms with Gasteiger partial charge in [0.05, 0.1) is 18.2 Å². The summed E-state index contributed by atoms with van der Waals surface area (Å²) in [7, 11) is -3.62. The fourth-order valence-corrected chi connectivity index (χ4v) is 3.82. The van der Waals surface area contributed by atoms with Crippen molar-refractivity contribution in [2.75, 3.05) is 11.3 Å². The van der Waals surface area contributed by atoms with Gasteiger partial charge in [-0.1, -0.05) is 26.0 Å². The van der Waals surface area contributed by atoms with Crippen LogP contribution in [-0.4, -0.2) is 29.8 Å². The molecule has 0 spiro atoms.